The Balaban J connectivity index is 1.52. The second-order valence-electron chi connectivity index (χ2n) is 8.31. The number of rotatable bonds is 10. The van der Waals surface area contributed by atoms with Gasteiger partial charge in [0, 0.05) is 15.7 Å². The van der Waals surface area contributed by atoms with E-state index >= 15 is 0 Å². The van der Waals surface area contributed by atoms with Gasteiger partial charge in [-0.1, -0.05) is 66.2 Å². The standard InChI is InChI=1S/C31H27ClO4S/c1-21(31(33)34)36-28-15-17-29(18-16-28)37-20-19-30(25-7-11-26(32)12-8-25)24-5-3-22(4-6-24)23-9-13-27(35-2)14-10-23/h3-19,21H,20H2,1-2H3,(H,33,34). The summed E-state index contributed by atoms with van der Waals surface area (Å²) in [4.78, 5) is 12.1. The lowest BCUT2D eigenvalue weighted by Gasteiger charge is -2.12. The lowest BCUT2D eigenvalue weighted by atomic mass is 9.95. The SMILES string of the molecule is COc1ccc(-c2ccc(C(=CCSc3ccc(OC(C)C(=O)O)cc3)c3ccc(Cl)cc3)cc2)cc1. The number of carboxylic acids is 1. The molecule has 0 bridgehead atoms. The van der Waals surface area contributed by atoms with E-state index in [4.69, 9.17) is 26.2 Å². The van der Waals surface area contributed by atoms with E-state index in [9.17, 15) is 4.79 Å². The summed E-state index contributed by atoms with van der Waals surface area (Å²) in [5, 5.41) is 9.71. The Labute approximate surface area is 226 Å². The summed E-state index contributed by atoms with van der Waals surface area (Å²) in [5.41, 5.74) is 5.60. The number of aliphatic carboxylic acids is 1. The zero-order valence-electron chi connectivity index (χ0n) is 20.6. The lowest BCUT2D eigenvalue weighted by molar-refractivity contribution is -0.144. The van der Waals surface area contributed by atoms with Crippen LogP contribution in [0.1, 0.15) is 18.1 Å². The van der Waals surface area contributed by atoms with Gasteiger partial charge in [0.2, 0.25) is 0 Å². The summed E-state index contributed by atoms with van der Waals surface area (Å²) in [5.74, 6) is 1.14. The predicted molar refractivity (Wildman–Crippen MR) is 152 cm³/mol. The van der Waals surface area contributed by atoms with E-state index in [1.807, 2.05) is 48.5 Å². The largest absolute Gasteiger partial charge is 0.497 e. The molecule has 0 spiro atoms. The predicted octanol–water partition coefficient (Wildman–Crippen LogP) is 8.09. The fourth-order valence-corrected chi connectivity index (χ4v) is 4.64. The van der Waals surface area contributed by atoms with Crippen LogP contribution in [-0.2, 0) is 4.79 Å². The molecule has 0 saturated heterocycles. The van der Waals surface area contributed by atoms with Crippen molar-refractivity contribution in [2.45, 2.75) is 17.9 Å². The Morgan fingerprint density at radius 3 is 1.89 bits per heavy atom. The van der Waals surface area contributed by atoms with Gasteiger partial charge in [-0.3, -0.25) is 0 Å². The van der Waals surface area contributed by atoms with E-state index in [-0.39, 0.29) is 0 Å². The number of benzene rings is 4. The second-order valence-corrected chi connectivity index (χ2v) is 9.84. The third kappa shape index (κ3) is 7.19. The first-order valence-electron chi connectivity index (χ1n) is 11.8. The molecule has 4 aromatic carbocycles. The first-order chi connectivity index (χ1) is 17.9. The molecule has 4 rings (SSSR count). The molecule has 4 aromatic rings. The highest BCUT2D eigenvalue weighted by molar-refractivity contribution is 7.99. The summed E-state index contributed by atoms with van der Waals surface area (Å²) >= 11 is 7.84. The fraction of sp³-hybridized carbons (Fsp3) is 0.129. The first kappa shape index (κ1) is 26.4. The molecule has 0 amide bonds. The molecule has 4 nitrogen and oxygen atoms in total. The zero-order valence-corrected chi connectivity index (χ0v) is 22.1. The molecule has 0 heterocycles. The van der Waals surface area contributed by atoms with E-state index < -0.39 is 12.1 Å². The molecule has 0 saturated carbocycles. The van der Waals surface area contributed by atoms with Gasteiger partial charge in [0.15, 0.2) is 6.10 Å². The van der Waals surface area contributed by atoms with E-state index in [2.05, 4.69) is 42.5 Å². The molecule has 0 aliphatic rings. The highest BCUT2D eigenvalue weighted by atomic mass is 35.5. The topological polar surface area (TPSA) is 55.8 Å². The molecule has 188 valence electrons. The molecule has 0 fully saturated rings. The van der Waals surface area contributed by atoms with Crippen molar-refractivity contribution in [2.24, 2.45) is 0 Å². The van der Waals surface area contributed by atoms with Crippen LogP contribution in [0.5, 0.6) is 11.5 Å². The Hall–Kier alpha value is -3.67. The maximum Gasteiger partial charge on any atom is 0.344 e. The summed E-state index contributed by atoms with van der Waals surface area (Å²) in [7, 11) is 1.67. The third-order valence-electron chi connectivity index (χ3n) is 5.80. The summed E-state index contributed by atoms with van der Waals surface area (Å²) < 4.78 is 10.7. The van der Waals surface area contributed by atoms with Crippen molar-refractivity contribution in [2.75, 3.05) is 12.9 Å². The van der Waals surface area contributed by atoms with Gasteiger partial charge in [0.25, 0.3) is 0 Å². The smallest absolute Gasteiger partial charge is 0.344 e. The van der Waals surface area contributed by atoms with Crippen LogP contribution in [0.25, 0.3) is 16.7 Å². The Bertz CT molecular complexity index is 1350. The molecular weight excluding hydrogens is 504 g/mol. The third-order valence-corrected chi connectivity index (χ3v) is 6.99. The van der Waals surface area contributed by atoms with Crippen molar-refractivity contribution in [3.8, 4) is 22.6 Å². The molecule has 0 aliphatic heterocycles. The number of thioether (sulfide) groups is 1. The normalized spacial score (nSPS) is 12.1. The van der Waals surface area contributed by atoms with Crippen LogP contribution in [0, 0.1) is 0 Å². The van der Waals surface area contributed by atoms with Crippen LogP contribution in [0.2, 0.25) is 5.02 Å². The molecule has 6 heteroatoms. The number of carbonyl (C=O) groups is 1. The van der Waals surface area contributed by atoms with Gasteiger partial charge in [-0.05, 0) is 83.3 Å². The van der Waals surface area contributed by atoms with Gasteiger partial charge in [-0.2, -0.15) is 0 Å². The number of hydrogen-bond acceptors (Lipinski definition) is 4. The number of ether oxygens (including phenoxy) is 2. The highest BCUT2D eigenvalue weighted by Crippen LogP contribution is 2.30. The van der Waals surface area contributed by atoms with Crippen LogP contribution in [-0.4, -0.2) is 30.0 Å². The van der Waals surface area contributed by atoms with Gasteiger partial charge in [0.05, 0.1) is 7.11 Å². The number of halogens is 1. The fourth-order valence-electron chi connectivity index (χ4n) is 3.75. The molecule has 0 aromatic heterocycles. The van der Waals surface area contributed by atoms with Crippen LogP contribution in [0.15, 0.2) is 108 Å². The van der Waals surface area contributed by atoms with Gasteiger partial charge < -0.3 is 14.6 Å². The zero-order chi connectivity index (χ0) is 26.2. The molecule has 1 N–H and O–H groups in total. The van der Waals surface area contributed by atoms with Crippen LogP contribution in [0.4, 0.5) is 0 Å². The second kappa shape index (κ2) is 12.5. The molecule has 0 aliphatic carbocycles. The molecular formula is C31H27ClO4S. The van der Waals surface area contributed by atoms with E-state index in [0.717, 1.165) is 44.2 Å². The minimum absolute atomic E-state index is 0.536. The van der Waals surface area contributed by atoms with Crippen molar-refractivity contribution < 1.29 is 19.4 Å². The minimum atomic E-state index is -0.990. The molecule has 1 atom stereocenters. The summed E-state index contributed by atoms with van der Waals surface area (Å²) in [6.07, 6.45) is 1.33. The average Bonchev–Trinajstić information content (AvgIpc) is 2.93. The van der Waals surface area contributed by atoms with Gasteiger partial charge in [-0.15, -0.1) is 11.8 Å². The molecule has 1 unspecified atom stereocenters. The molecule has 0 radical (unpaired) electrons. The number of methoxy groups -OCH3 is 1. The Morgan fingerprint density at radius 2 is 1.35 bits per heavy atom. The lowest BCUT2D eigenvalue weighted by Crippen LogP contribution is -2.22. The highest BCUT2D eigenvalue weighted by Gasteiger charge is 2.12. The van der Waals surface area contributed by atoms with Crippen molar-refractivity contribution in [3.05, 3.63) is 119 Å². The van der Waals surface area contributed by atoms with E-state index in [1.54, 1.807) is 31.0 Å². The Morgan fingerprint density at radius 1 is 0.838 bits per heavy atom. The molecule has 37 heavy (non-hydrogen) atoms. The van der Waals surface area contributed by atoms with E-state index in [1.165, 1.54) is 6.92 Å². The maximum atomic E-state index is 11.0. The van der Waals surface area contributed by atoms with Gasteiger partial charge in [-0.25, -0.2) is 4.79 Å². The quantitative estimate of drug-likeness (QED) is 0.210. The minimum Gasteiger partial charge on any atom is -0.497 e. The van der Waals surface area contributed by atoms with Crippen molar-refractivity contribution in [1.82, 2.24) is 0 Å². The number of hydrogen-bond donors (Lipinski definition) is 1. The monoisotopic (exact) mass is 530 g/mol. The summed E-state index contributed by atoms with van der Waals surface area (Å²) in [6, 6.07) is 31.9. The first-order valence-corrected chi connectivity index (χ1v) is 13.1. The van der Waals surface area contributed by atoms with E-state index in [0.29, 0.717) is 10.8 Å². The number of carboxylic acid groups (broad SMARTS) is 1. The van der Waals surface area contributed by atoms with Crippen molar-refractivity contribution in [3.63, 3.8) is 0 Å². The van der Waals surface area contributed by atoms with Gasteiger partial charge >= 0.3 is 5.97 Å². The van der Waals surface area contributed by atoms with Crippen LogP contribution in [0.3, 0.4) is 0 Å². The van der Waals surface area contributed by atoms with Crippen molar-refractivity contribution in [1.29, 1.82) is 0 Å². The average molecular weight is 531 g/mol. The van der Waals surface area contributed by atoms with Crippen LogP contribution < -0.4 is 9.47 Å². The van der Waals surface area contributed by atoms with Crippen molar-refractivity contribution >= 4 is 34.9 Å². The Kier molecular flexibility index (Phi) is 8.94. The van der Waals surface area contributed by atoms with Crippen LogP contribution >= 0.6 is 23.4 Å². The summed E-state index contributed by atoms with van der Waals surface area (Å²) in [6.45, 7) is 1.51. The van der Waals surface area contributed by atoms with Gasteiger partial charge in [0.1, 0.15) is 11.5 Å². The maximum absolute atomic E-state index is 11.0.